The van der Waals surface area contributed by atoms with E-state index in [2.05, 4.69) is 13.8 Å². The molecule has 1 heterocycles. The lowest BCUT2D eigenvalue weighted by Gasteiger charge is -2.62. The third-order valence-electron chi connectivity index (χ3n) is 12.1. The van der Waals surface area contributed by atoms with Crippen molar-refractivity contribution in [3.05, 3.63) is 29.3 Å². The summed E-state index contributed by atoms with van der Waals surface area (Å²) in [5.41, 5.74) is 1.69. The van der Waals surface area contributed by atoms with Crippen molar-refractivity contribution in [2.75, 3.05) is 11.4 Å². The van der Waals surface area contributed by atoms with Gasteiger partial charge in [0.2, 0.25) is 5.91 Å². The first-order valence-corrected chi connectivity index (χ1v) is 14.8. The summed E-state index contributed by atoms with van der Waals surface area (Å²) in [5, 5.41) is 21.7. The summed E-state index contributed by atoms with van der Waals surface area (Å²) in [6.07, 6.45) is 10.7. The minimum absolute atomic E-state index is 0.00863. The molecule has 6 rings (SSSR count). The lowest BCUT2D eigenvalue weighted by Crippen LogP contribution is -2.58. The molecular weight excluding hydrogens is 472 g/mol. The molecule has 4 fully saturated rings. The van der Waals surface area contributed by atoms with E-state index in [1.165, 1.54) is 37.8 Å². The smallest absolute Gasteiger partial charge is 0.226 e. The molecule has 0 spiro atoms. The number of aliphatic hydroxyl groups excluding tert-OH is 2. The predicted molar refractivity (Wildman–Crippen MR) is 139 cm³/mol. The number of carbonyl (C=O) groups excluding carboxylic acids is 1. The van der Waals surface area contributed by atoms with Crippen LogP contribution in [0.15, 0.2) is 12.1 Å². The van der Waals surface area contributed by atoms with Crippen LogP contribution < -0.4 is 4.90 Å². The number of nitrogens with zero attached hydrogens (tertiary/aromatic N) is 1. The van der Waals surface area contributed by atoms with E-state index in [-0.39, 0.29) is 28.9 Å². The zero-order valence-corrected chi connectivity index (χ0v) is 22.4. The number of fused-ring (bicyclic) bond motifs is 6. The monoisotopic (exact) mass is 515 g/mol. The Bertz CT molecular complexity index is 1060. The van der Waals surface area contributed by atoms with Crippen molar-refractivity contribution in [1.29, 1.82) is 0 Å². The minimum atomic E-state index is -0.895. The highest BCUT2D eigenvalue weighted by Gasteiger charge is 2.62. The summed E-state index contributed by atoms with van der Waals surface area (Å²) < 4.78 is 27.4. The van der Waals surface area contributed by atoms with Gasteiger partial charge in [-0.1, -0.05) is 13.8 Å². The first-order valence-electron chi connectivity index (χ1n) is 14.8. The fourth-order valence-electron chi connectivity index (χ4n) is 10.1. The van der Waals surface area contributed by atoms with E-state index in [9.17, 15) is 23.8 Å². The Morgan fingerprint density at radius 3 is 2.54 bits per heavy atom. The van der Waals surface area contributed by atoms with Crippen molar-refractivity contribution in [3.63, 3.8) is 0 Å². The molecular formula is C31H43F2NO3. The molecule has 204 valence electrons. The Morgan fingerprint density at radius 2 is 1.73 bits per heavy atom. The van der Waals surface area contributed by atoms with Crippen LogP contribution >= 0.6 is 0 Å². The highest BCUT2D eigenvalue weighted by molar-refractivity contribution is 5.95. The van der Waals surface area contributed by atoms with E-state index >= 15 is 0 Å². The molecule has 0 saturated heterocycles. The summed E-state index contributed by atoms with van der Waals surface area (Å²) in [4.78, 5) is 14.7. The normalized spacial score (nSPS) is 42.6. The van der Waals surface area contributed by atoms with Gasteiger partial charge in [-0.05, 0) is 123 Å². The number of rotatable bonds is 4. The van der Waals surface area contributed by atoms with Gasteiger partial charge in [0.25, 0.3) is 0 Å². The van der Waals surface area contributed by atoms with Crippen LogP contribution in [0.2, 0.25) is 0 Å². The second-order valence-electron chi connectivity index (χ2n) is 13.6. The standard InChI is InChI=1S/C31H43F2NO3/c1-30-12-9-23-29(27(36)16-20-15-21(35)8-11-31(20,23)2)22(30)7-6-19(30)4-3-5-28(37)34-13-10-18-14-24(32)25(33)17-26(18)34/h14,17,19-23,27,29,35-36H,3-13,15-16H2,1-2H3/t19?,20?,21-,22?,23?,27?,29?,30?,31?/m1/s1. The maximum atomic E-state index is 13.8. The van der Waals surface area contributed by atoms with Gasteiger partial charge in [-0.2, -0.15) is 0 Å². The van der Waals surface area contributed by atoms with Crippen LogP contribution in [0.5, 0.6) is 0 Å². The van der Waals surface area contributed by atoms with E-state index < -0.39 is 11.6 Å². The number of aliphatic hydroxyl groups is 2. The average molecular weight is 516 g/mol. The van der Waals surface area contributed by atoms with Gasteiger partial charge in [-0.3, -0.25) is 4.79 Å². The molecule has 1 amide bonds. The first-order chi connectivity index (χ1) is 17.6. The number of hydrogen-bond acceptors (Lipinski definition) is 3. The molecule has 1 aromatic rings. The Labute approximate surface area is 219 Å². The van der Waals surface area contributed by atoms with E-state index in [0.717, 1.165) is 38.5 Å². The van der Waals surface area contributed by atoms with Gasteiger partial charge in [0.1, 0.15) is 0 Å². The molecule has 2 N–H and O–H groups in total. The van der Waals surface area contributed by atoms with Crippen molar-refractivity contribution in [2.45, 2.75) is 103 Å². The second-order valence-corrected chi connectivity index (χ2v) is 13.6. The molecule has 1 aliphatic heterocycles. The van der Waals surface area contributed by atoms with Gasteiger partial charge in [-0.25, -0.2) is 8.78 Å². The van der Waals surface area contributed by atoms with E-state index in [1.54, 1.807) is 4.90 Å². The van der Waals surface area contributed by atoms with Crippen molar-refractivity contribution >= 4 is 11.6 Å². The van der Waals surface area contributed by atoms with Crippen molar-refractivity contribution in [1.82, 2.24) is 0 Å². The molecule has 9 atom stereocenters. The quantitative estimate of drug-likeness (QED) is 0.516. The van der Waals surface area contributed by atoms with Crippen LogP contribution in [0.4, 0.5) is 14.5 Å². The number of carbonyl (C=O) groups is 1. The van der Waals surface area contributed by atoms with Gasteiger partial charge in [0.15, 0.2) is 11.6 Å². The maximum Gasteiger partial charge on any atom is 0.226 e. The molecule has 6 heteroatoms. The van der Waals surface area contributed by atoms with Crippen LogP contribution in [0.25, 0.3) is 0 Å². The molecule has 0 radical (unpaired) electrons. The molecule has 4 nitrogen and oxygen atoms in total. The van der Waals surface area contributed by atoms with Gasteiger partial charge in [-0.15, -0.1) is 0 Å². The molecule has 1 aromatic carbocycles. The van der Waals surface area contributed by atoms with Crippen LogP contribution in [0.1, 0.15) is 90.0 Å². The van der Waals surface area contributed by atoms with E-state index in [4.69, 9.17) is 0 Å². The lowest BCUT2D eigenvalue weighted by atomic mass is 9.44. The third-order valence-corrected chi connectivity index (χ3v) is 12.1. The Balaban J connectivity index is 1.10. The van der Waals surface area contributed by atoms with Gasteiger partial charge < -0.3 is 15.1 Å². The largest absolute Gasteiger partial charge is 0.393 e. The molecule has 5 aliphatic rings. The molecule has 4 aliphatic carbocycles. The predicted octanol–water partition coefficient (Wildman–Crippen LogP) is 6.01. The Morgan fingerprint density at radius 1 is 1.00 bits per heavy atom. The number of halogens is 2. The fourth-order valence-corrected chi connectivity index (χ4v) is 10.1. The molecule has 37 heavy (non-hydrogen) atoms. The molecule has 0 aromatic heterocycles. The second kappa shape index (κ2) is 9.29. The Kier molecular flexibility index (Phi) is 6.46. The minimum Gasteiger partial charge on any atom is -0.393 e. The SMILES string of the molecule is CC12CCC3C(C(O)CC4C[C@H](O)CCC43C)C1CCC2CCCC(=O)N1CCc2cc(F)c(F)cc21. The molecule has 8 unspecified atom stereocenters. The fraction of sp³-hybridized carbons (Fsp3) is 0.774. The van der Waals surface area contributed by atoms with E-state index in [0.29, 0.717) is 60.2 Å². The number of benzene rings is 1. The van der Waals surface area contributed by atoms with Crippen LogP contribution in [0.3, 0.4) is 0 Å². The van der Waals surface area contributed by atoms with Crippen molar-refractivity contribution < 1.29 is 23.8 Å². The summed E-state index contributed by atoms with van der Waals surface area (Å²) >= 11 is 0. The number of hydrogen-bond donors (Lipinski definition) is 2. The Hall–Kier alpha value is -1.53. The van der Waals surface area contributed by atoms with Crippen LogP contribution in [0, 0.1) is 52.1 Å². The van der Waals surface area contributed by atoms with Crippen LogP contribution in [-0.2, 0) is 11.2 Å². The maximum absolute atomic E-state index is 13.8. The third kappa shape index (κ3) is 4.07. The highest BCUT2D eigenvalue weighted by atomic mass is 19.2. The van der Waals surface area contributed by atoms with Crippen molar-refractivity contribution in [2.24, 2.45) is 40.4 Å². The zero-order chi connectivity index (χ0) is 26.1. The summed E-state index contributed by atoms with van der Waals surface area (Å²) in [7, 11) is 0. The van der Waals surface area contributed by atoms with E-state index in [1.807, 2.05) is 0 Å². The average Bonchev–Trinajstić information content (AvgIpc) is 3.41. The van der Waals surface area contributed by atoms with Gasteiger partial charge in [0.05, 0.1) is 12.2 Å². The zero-order valence-electron chi connectivity index (χ0n) is 22.4. The highest BCUT2D eigenvalue weighted by Crippen LogP contribution is 2.67. The van der Waals surface area contributed by atoms with Gasteiger partial charge >= 0.3 is 0 Å². The number of amides is 1. The first kappa shape index (κ1) is 25.7. The summed E-state index contributed by atoms with van der Waals surface area (Å²) in [5.74, 6) is 0.708. The summed E-state index contributed by atoms with van der Waals surface area (Å²) in [6, 6.07) is 2.40. The summed E-state index contributed by atoms with van der Waals surface area (Å²) in [6.45, 7) is 5.40. The van der Waals surface area contributed by atoms with Crippen LogP contribution in [-0.4, -0.2) is 34.9 Å². The molecule has 0 bridgehead atoms. The van der Waals surface area contributed by atoms with Crippen molar-refractivity contribution in [3.8, 4) is 0 Å². The molecule has 4 saturated carbocycles. The lowest BCUT2D eigenvalue weighted by molar-refractivity contribution is -0.172. The van der Waals surface area contributed by atoms with Gasteiger partial charge in [0, 0.05) is 24.7 Å². The topological polar surface area (TPSA) is 60.8 Å². The number of anilines is 1.